The van der Waals surface area contributed by atoms with Crippen molar-refractivity contribution in [3.63, 3.8) is 0 Å². The third-order valence-corrected chi connectivity index (χ3v) is 2.76. The summed E-state index contributed by atoms with van der Waals surface area (Å²) in [6, 6.07) is 0. The van der Waals surface area contributed by atoms with Crippen LogP contribution in [0.2, 0.25) is 0 Å². The number of aromatic nitrogens is 2. The molecule has 0 bridgehead atoms. The van der Waals surface area contributed by atoms with Gasteiger partial charge in [0.15, 0.2) is 0 Å². The second-order valence-corrected chi connectivity index (χ2v) is 3.66. The van der Waals surface area contributed by atoms with Crippen molar-refractivity contribution in [3.05, 3.63) is 16.4 Å². The van der Waals surface area contributed by atoms with E-state index in [1.54, 1.807) is 18.7 Å². The first-order valence-corrected chi connectivity index (χ1v) is 5.31. The number of aryl methyl sites for hydroxylation is 1. The van der Waals surface area contributed by atoms with Crippen molar-refractivity contribution in [2.24, 2.45) is 7.05 Å². The van der Waals surface area contributed by atoms with Gasteiger partial charge >= 0.3 is 0 Å². The van der Waals surface area contributed by atoms with E-state index < -0.39 is 0 Å². The van der Waals surface area contributed by atoms with Crippen molar-refractivity contribution >= 4 is 21.8 Å². The van der Waals surface area contributed by atoms with Gasteiger partial charge in [0.25, 0.3) is 5.91 Å². The van der Waals surface area contributed by atoms with E-state index in [-0.39, 0.29) is 5.91 Å². The van der Waals surface area contributed by atoms with E-state index in [1.807, 2.05) is 0 Å². The average Bonchev–Trinajstić information content (AvgIpc) is 2.55. The van der Waals surface area contributed by atoms with Crippen LogP contribution in [0.25, 0.3) is 0 Å². The van der Waals surface area contributed by atoms with Gasteiger partial charge in [0.1, 0.15) is 4.60 Å². The smallest absolute Gasteiger partial charge is 0.255 e. The standard InChI is InChI=1S/C10H12BrN3O/c1-3-4-5-6-12-10(15)8-7-13-14(2)9(8)11/h7H,5-6H2,1-2H3,(H,12,15). The first-order valence-electron chi connectivity index (χ1n) is 4.52. The molecule has 1 aromatic heterocycles. The summed E-state index contributed by atoms with van der Waals surface area (Å²) in [7, 11) is 1.77. The Morgan fingerprint density at radius 2 is 2.47 bits per heavy atom. The zero-order chi connectivity index (χ0) is 11.3. The highest BCUT2D eigenvalue weighted by Crippen LogP contribution is 2.14. The largest absolute Gasteiger partial charge is 0.351 e. The highest BCUT2D eigenvalue weighted by molar-refractivity contribution is 9.10. The predicted octanol–water partition coefficient (Wildman–Crippen LogP) is 1.33. The second-order valence-electron chi connectivity index (χ2n) is 2.91. The molecular formula is C10H12BrN3O. The maximum absolute atomic E-state index is 11.6. The Labute approximate surface area is 97.2 Å². The fraction of sp³-hybridized carbons (Fsp3) is 0.400. The number of halogens is 1. The van der Waals surface area contributed by atoms with Gasteiger partial charge < -0.3 is 5.32 Å². The van der Waals surface area contributed by atoms with Gasteiger partial charge in [-0.15, -0.1) is 11.8 Å². The second kappa shape index (κ2) is 5.56. The number of carbonyl (C=O) groups is 1. The van der Waals surface area contributed by atoms with Crippen molar-refractivity contribution in [2.75, 3.05) is 6.54 Å². The number of carbonyl (C=O) groups excluding carboxylic acids is 1. The fourth-order valence-electron chi connectivity index (χ4n) is 1.03. The first-order chi connectivity index (χ1) is 7.16. The summed E-state index contributed by atoms with van der Waals surface area (Å²) >= 11 is 3.29. The summed E-state index contributed by atoms with van der Waals surface area (Å²) in [4.78, 5) is 11.6. The quantitative estimate of drug-likeness (QED) is 0.665. The van der Waals surface area contributed by atoms with Crippen LogP contribution >= 0.6 is 15.9 Å². The molecular weight excluding hydrogens is 258 g/mol. The van der Waals surface area contributed by atoms with Gasteiger partial charge in [-0.05, 0) is 22.9 Å². The molecule has 1 aromatic rings. The Morgan fingerprint density at radius 3 is 3.00 bits per heavy atom. The molecule has 0 fully saturated rings. The monoisotopic (exact) mass is 269 g/mol. The predicted molar refractivity (Wildman–Crippen MR) is 61.3 cm³/mol. The van der Waals surface area contributed by atoms with Crippen LogP contribution in [0.15, 0.2) is 10.8 Å². The molecule has 0 aromatic carbocycles. The lowest BCUT2D eigenvalue weighted by atomic mass is 10.3. The van der Waals surface area contributed by atoms with Crippen LogP contribution in [0.5, 0.6) is 0 Å². The van der Waals surface area contributed by atoms with Gasteiger partial charge in [0, 0.05) is 20.0 Å². The van der Waals surface area contributed by atoms with E-state index >= 15 is 0 Å². The molecule has 0 unspecified atom stereocenters. The van der Waals surface area contributed by atoms with Gasteiger partial charge in [-0.3, -0.25) is 9.48 Å². The van der Waals surface area contributed by atoms with E-state index in [2.05, 4.69) is 38.2 Å². The van der Waals surface area contributed by atoms with E-state index in [1.165, 1.54) is 6.20 Å². The molecule has 0 spiro atoms. The molecule has 1 rings (SSSR count). The van der Waals surface area contributed by atoms with E-state index in [0.29, 0.717) is 23.1 Å². The summed E-state index contributed by atoms with van der Waals surface area (Å²) < 4.78 is 2.28. The summed E-state index contributed by atoms with van der Waals surface area (Å²) in [6.07, 6.45) is 2.20. The number of rotatable bonds is 3. The maximum atomic E-state index is 11.6. The van der Waals surface area contributed by atoms with Crippen LogP contribution in [0.1, 0.15) is 23.7 Å². The molecule has 1 amide bonds. The van der Waals surface area contributed by atoms with E-state index in [9.17, 15) is 4.79 Å². The van der Waals surface area contributed by atoms with Gasteiger partial charge in [0.05, 0.1) is 11.8 Å². The molecule has 5 heteroatoms. The van der Waals surface area contributed by atoms with Crippen molar-refractivity contribution in [3.8, 4) is 11.8 Å². The Kier molecular flexibility index (Phi) is 4.37. The topological polar surface area (TPSA) is 46.9 Å². The van der Waals surface area contributed by atoms with Crippen LogP contribution < -0.4 is 5.32 Å². The number of hydrogen-bond acceptors (Lipinski definition) is 2. The first kappa shape index (κ1) is 11.8. The molecule has 0 saturated heterocycles. The van der Waals surface area contributed by atoms with Crippen LogP contribution in [0, 0.1) is 11.8 Å². The summed E-state index contributed by atoms with van der Waals surface area (Å²) in [6.45, 7) is 2.33. The lowest BCUT2D eigenvalue weighted by Crippen LogP contribution is -2.24. The van der Waals surface area contributed by atoms with Crippen LogP contribution in [-0.4, -0.2) is 22.2 Å². The third-order valence-electron chi connectivity index (χ3n) is 1.82. The molecule has 0 aliphatic rings. The third kappa shape index (κ3) is 3.10. The fourth-order valence-corrected chi connectivity index (χ4v) is 1.41. The van der Waals surface area contributed by atoms with Crippen molar-refractivity contribution in [1.29, 1.82) is 0 Å². The average molecular weight is 270 g/mol. The van der Waals surface area contributed by atoms with Gasteiger partial charge in [-0.25, -0.2) is 0 Å². The normalized spacial score (nSPS) is 9.27. The Balaban J connectivity index is 2.53. The van der Waals surface area contributed by atoms with Crippen LogP contribution in [-0.2, 0) is 7.05 Å². The SMILES string of the molecule is CC#CCCNC(=O)c1cnn(C)c1Br. The highest BCUT2D eigenvalue weighted by atomic mass is 79.9. The Hall–Kier alpha value is -1.28. The molecule has 0 aliphatic carbocycles. The van der Waals surface area contributed by atoms with Crippen molar-refractivity contribution < 1.29 is 4.79 Å². The molecule has 0 radical (unpaired) electrons. The number of hydrogen-bond donors (Lipinski definition) is 1. The lowest BCUT2D eigenvalue weighted by Gasteiger charge is -2.00. The number of amides is 1. The zero-order valence-electron chi connectivity index (χ0n) is 8.67. The van der Waals surface area contributed by atoms with Crippen molar-refractivity contribution in [2.45, 2.75) is 13.3 Å². The van der Waals surface area contributed by atoms with E-state index in [0.717, 1.165) is 0 Å². The highest BCUT2D eigenvalue weighted by Gasteiger charge is 2.12. The molecule has 4 nitrogen and oxygen atoms in total. The molecule has 1 N–H and O–H groups in total. The minimum absolute atomic E-state index is 0.132. The Morgan fingerprint density at radius 1 is 1.73 bits per heavy atom. The molecule has 0 aliphatic heterocycles. The minimum Gasteiger partial charge on any atom is -0.351 e. The van der Waals surface area contributed by atoms with Gasteiger partial charge in [-0.2, -0.15) is 5.10 Å². The number of nitrogens with one attached hydrogen (secondary N) is 1. The minimum atomic E-state index is -0.132. The summed E-state index contributed by atoms with van der Waals surface area (Å²) in [5.41, 5.74) is 0.543. The lowest BCUT2D eigenvalue weighted by molar-refractivity contribution is 0.0953. The molecule has 80 valence electrons. The van der Waals surface area contributed by atoms with E-state index in [4.69, 9.17) is 0 Å². The van der Waals surface area contributed by atoms with Crippen molar-refractivity contribution in [1.82, 2.24) is 15.1 Å². The van der Waals surface area contributed by atoms with Gasteiger partial charge in [-0.1, -0.05) is 0 Å². The van der Waals surface area contributed by atoms with Crippen LogP contribution in [0.4, 0.5) is 0 Å². The molecule has 0 atom stereocenters. The molecule has 0 saturated carbocycles. The summed E-state index contributed by atoms with van der Waals surface area (Å²) in [5, 5.41) is 6.73. The number of nitrogens with zero attached hydrogens (tertiary/aromatic N) is 2. The zero-order valence-corrected chi connectivity index (χ0v) is 10.3. The van der Waals surface area contributed by atoms with Crippen LogP contribution in [0.3, 0.4) is 0 Å². The van der Waals surface area contributed by atoms with Gasteiger partial charge in [0.2, 0.25) is 0 Å². The molecule has 1 heterocycles. The maximum Gasteiger partial charge on any atom is 0.255 e. The molecule has 15 heavy (non-hydrogen) atoms. The Bertz CT molecular complexity index is 414. The summed E-state index contributed by atoms with van der Waals surface area (Å²) in [5.74, 6) is 5.52.